The lowest BCUT2D eigenvalue weighted by Gasteiger charge is -2.21. The summed E-state index contributed by atoms with van der Waals surface area (Å²) in [6.07, 6.45) is 0. The first-order valence-corrected chi connectivity index (χ1v) is 19.4. The second-order valence-electron chi connectivity index (χ2n) is 12.2. The maximum atomic E-state index is 12.6. The minimum Gasteiger partial charge on any atom is -0.691 e. The number of hydrogen-bond donors (Lipinski definition) is 0. The standard InChI is InChI=1S/C37H36N4O8S3/c1-38(2)51(43,44)29-17-11-25(12-18-29)40(5)27-15-21-31-34(23-27)47-35-24-28(41(6)26-13-19-30(20-14-26)52(45,46)39(3)4)16-22-32(35)37(31)33-9-7-8-10-36(33)50-49-48-42/h7-24H,1-6H3. The second kappa shape index (κ2) is 14.8. The third kappa shape index (κ3) is 7.09. The van der Waals surface area contributed by atoms with E-state index in [1.165, 1.54) is 36.8 Å². The van der Waals surface area contributed by atoms with Gasteiger partial charge in [-0.05, 0) is 84.4 Å². The van der Waals surface area contributed by atoms with Gasteiger partial charge in [0.1, 0.15) is 0 Å². The number of rotatable bonds is 12. The van der Waals surface area contributed by atoms with Gasteiger partial charge in [-0.25, -0.2) is 29.9 Å². The van der Waals surface area contributed by atoms with Crippen molar-refractivity contribution < 1.29 is 35.9 Å². The summed E-state index contributed by atoms with van der Waals surface area (Å²) in [6.45, 7) is 0. The van der Waals surface area contributed by atoms with Crippen LogP contribution in [-0.4, -0.2) is 67.7 Å². The number of sulfonamides is 2. The summed E-state index contributed by atoms with van der Waals surface area (Å²) in [5.74, 6) is 0. The number of hydrogen-bond acceptors (Lipinski definition) is 10. The van der Waals surface area contributed by atoms with Crippen molar-refractivity contribution in [2.45, 2.75) is 14.7 Å². The summed E-state index contributed by atoms with van der Waals surface area (Å²) in [4.78, 5) is 4.89. The first-order valence-electron chi connectivity index (χ1n) is 15.8. The van der Waals surface area contributed by atoms with Crippen molar-refractivity contribution in [1.29, 1.82) is 0 Å². The van der Waals surface area contributed by atoms with Gasteiger partial charge < -0.3 is 15.1 Å². The van der Waals surface area contributed by atoms with Crippen LogP contribution >= 0.6 is 12.0 Å². The van der Waals surface area contributed by atoms with E-state index < -0.39 is 20.0 Å². The van der Waals surface area contributed by atoms with Crippen LogP contribution in [0.5, 0.6) is 0 Å². The van der Waals surface area contributed by atoms with Gasteiger partial charge in [0.2, 0.25) is 20.0 Å². The number of benzene rings is 5. The van der Waals surface area contributed by atoms with Crippen molar-refractivity contribution in [3.8, 4) is 11.1 Å². The van der Waals surface area contributed by atoms with E-state index in [9.17, 15) is 22.1 Å². The molecule has 0 N–H and O–H groups in total. The quantitative estimate of drug-likeness (QED) is 0.0429. The average Bonchev–Trinajstić information content (AvgIpc) is 3.15. The largest absolute Gasteiger partial charge is 0.691 e. The third-order valence-corrected chi connectivity index (χ3v) is 13.1. The van der Waals surface area contributed by atoms with Gasteiger partial charge in [-0.3, -0.25) is 5.04 Å². The molecule has 0 saturated carbocycles. The fourth-order valence-electron chi connectivity index (χ4n) is 5.77. The van der Waals surface area contributed by atoms with Crippen LogP contribution in [-0.2, 0) is 29.4 Å². The van der Waals surface area contributed by atoms with Crippen molar-refractivity contribution >= 4 is 76.8 Å². The highest BCUT2D eigenvalue weighted by Crippen LogP contribution is 2.43. The molecule has 5 aromatic carbocycles. The highest BCUT2D eigenvalue weighted by Gasteiger charge is 2.25. The summed E-state index contributed by atoms with van der Waals surface area (Å²) in [6, 6.07) is 32.4. The minimum atomic E-state index is -3.58. The topological polar surface area (TPSA) is 134 Å². The second-order valence-corrected chi connectivity index (χ2v) is 17.3. The van der Waals surface area contributed by atoms with Gasteiger partial charge in [-0.2, -0.15) is 4.33 Å². The van der Waals surface area contributed by atoms with Crippen molar-refractivity contribution in [3.63, 3.8) is 0 Å². The SMILES string of the molecule is CN(c1ccc(S(=O)(=O)N(C)C)cc1)c1ccc2c(-c3ccccc3SOO[O-])c3ccc(N(C)c4ccc(S(=O)(=O)N(C)C)cc4)cc3[o+]c2c1. The Morgan fingerprint density at radius 3 is 1.42 bits per heavy atom. The van der Waals surface area contributed by atoms with Crippen LogP contribution in [0.15, 0.2) is 128 Å². The Bertz CT molecular complexity index is 2330. The molecule has 52 heavy (non-hydrogen) atoms. The van der Waals surface area contributed by atoms with Crippen LogP contribution in [0.3, 0.4) is 0 Å². The third-order valence-electron chi connectivity index (χ3n) is 8.78. The van der Waals surface area contributed by atoms with E-state index in [0.29, 0.717) is 16.1 Å². The predicted octanol–water partition coefficient (Wildman–Crippen LogP) is 6.80. The summed E-state index contributed by atoms with van der Waals surface area (Å²) < 4.78 is 64.2. The predicted molar refractivity (Wildman–Crippen MR) is 202 cm³/mol. The van der Waals surface area contributed by atoms with E-state index in [0.717, 1.165) is 56.7 Å². The van der Waals surface area contributed by atoms with Crippen molar-refractivity contribution in [1.82, 2.24) is 8.61 Å². The summed E-state index contributed by atoms with van der Waals surface area (Å²) >= 11 is 0.805. The van der Waals surface area contributed by atoms with Crippen molar-refractivity contribution in [2.24, 2.45) is 0 Å². The van der Waals surface area contributed by atoms with Gasteiger partial charge in [0.25, 0.3) is 0 Å². The maximum absolute atomic E-state index is 12.6. The average molecular weight is 761 g/mol. The molecule has 12 nitrogen and oxygen atoms in total. The molecule has 0 fully saturated rings. The molecule has 0 atom stereocenters. The minimum absolute atomic E-state index is 0.192. The molecule has 0 saturated heterocycles. The Kier molecular flexibility index (Phi) is 10.6. The molecule has 0 spiro atoms. The molecule has 0 aliphatic rings. The molecule has 0 aliphatic heterocycles. The molecule has 0 amide bonds. The zero-order valence-electron chi connectivity index (χ0n) is 29.2. The first kappa shape index (κ1) is 37.2. The molecule has 6 rings (SSSR count). The van der Waals surface area contributed by atoms with Crippen LogP contribution in [0, 0.1) is 0 Å². The Morgan fingerprint density at radius 2 is 1.00 bits per heavy atom. The molecular weight excluding hydrogens is 725 g/mol. The van der Waals surface area contributed by atoms with Crippen LogP contribution in [0.1, 0.15) is 0 Å². The van der Waals surface area contributed by atoms with Gasteiger partial charge in [0, 0.05) is 64.1 Å². The van der Waals surface area contributed by atoms with E-state index in [2.05, 4.69) is 5.04 Å². The lowest BCUT2D eigenvalue weighted by Crippen LogP contribution is -2.22. The molecule has 15 heteroatoms. The normalized spacial score (nSPS) is 12.2. The maximum Gasteiger partial charge on any atom is 0.363 e. The van der Waals surface area contributed by atoms with Gasteiger partial charge in [0.15, 0.2) is 0 Å². The molecule has 0 bridgehead atoms. The van der Waals surface area contributed by atoms with Gasteiger partial charge in [-0.15, -0.1) is 0 Å². The molecule has 0 radical (unpaired) electrons. The molecule has 0 aliphatic carbocycles. The Labute approximate surface area is 307 Å². The van der Waals surface area contributed by atoms with Crippen molar-refractivity contribution in [3.05, 3.63) is 109 Å². The highest BCUT2D eigenvalue weighted by molar-refractivity contribution is 7.94. The highest BCUT2D eigenvalue weighted by atomic mass is 32.2. The Balaban J connectivity index is 1.47. The van der Waals surface area contributed by atoms with Gasteiger partial charge in [0.05, 0.1) is 56.1 Å². The lowest BCUT2D eigenvalue weighted by atomic mass is 9.96. The van der Waals surface area contributed by atoms with Crippen molar-refractivity contribution in [2.75, 3.05) is 52.1 Å². The fourth-order valence-corrected chi connectivity index (χ4v) is 8.07. The fraction of sp³-hybridized carbons (Fsp3) is 0.162. The Hall–Kier alpha value is -4.58. The van der Waals surface area contributed by atoms with E-state index in [4.69, 9.17) is 8.75 Å². The molecule has 270 valence electrons. The van der Waals surface area contributed by atoms with E-state index in [1.54, 1.807) is 48.5 Å². The van der Waals surface area contributed by atoms with Crippen LogP contribution in [0.2, 0.25) is 0 Å². The number of fused-ring (bicyclic) bond motifs is 2. The van der Waals surface area contributed by atoms with Gasteiger partial charge >= 0.3 is 11.2 Å². The monoisotopic (exact) mass is 760 g/mol. The molecule has 6 aromatic rings. The summed E-state index contributed by atoms with van der Waals surface area (Å²) in [5.41, 5.74) is 5.87. The van der Waals surface area contributed by atoms with E-state index >= 15 is 0 Å². The zero-order valence-corrected chi connectivity index (χ0v) is 31.6. The number of nitrogens with zero attached hydrogens (tertiary/aromatic N) is 4. The van der Waals surface area contributed by atoms with Crippen LogP contribution < -0.4 is 15.1 Å². The summed E-state index contributed by atoms with van der Waals surface area (Å²) in [5, 5.41) is 16.0. The first-order chi connectivity index (χ1) is 24.7. The van der Waals surface area contributed by atoms with Crippen LogP contribution in [0.4, 0.5) is 22.7 Å². The molecule has 1 heterocycles. The molecular formula is C37H36N4O8S3. The van der Waals surface area contributed by atoms with Gasteiger partial charge in [-0.1, -0.05) is 18.2 Å². The van der Waals surface area contributed by atoms with Crippen LogP contribution in [0.25, 0.3) is 33.1 Å². The lowest BCUT2D eigenvalue weighted by molar-refractivity contribution is -0.777. The zero-order chi connectivity index (χ0) is 37.4. The Morgan fingerprint density at radius 1 is 0.577 bits per heavy atom. The molecule has 0 unspecified atom stereocenters. The molecule has 1 aromatic heterocycles. The number of anilines is 4. The summed E-state index contributed by atoms with van der Waals surface area (Å²) in [7, 11) is 2.58. The van der Waals surface area contributed by atoms with E-state index in [-0.39, 0.29) is 9.79 Å². The smallest absolute Gasteiger partial charge is 0.363 e. The van der Waals surface area contributed by atoms with E-state index in [1.807, 2.05) is 84.6 Å².